The number of halogens is 4. The van der Waals surface area contributed by atoms with Crippen molar-refractivity contribution in [2.75, 3.05) is 0 Å². The standard InChI is InChI=1S/C28H27F4NO/c1-16-8-17-11-26(33-14-18(17)9-16)34-15-19-10-21-22(13-27(2,3)24(21)12-25(19)29)20-6-4-5-7-23(20)28(30,31)32/h4-7,10-12,14,16,22H,8-9,13,15H2,1-3H3. The second-order valence-electron chi connectivity index (χ2n) is 10.3. The molecule has 0 saturated carbocycles. The van der Waals surface area contributed by atoms with Gasteiger partial charge in [-0.3, -0.25) is 0 Å². The van der Waals surface area contributed by atoms with Gasteiger partial charge in [0, 0.05) is 23.7 Å². The second-order valence-corrected chi connectivity index (χ2v) is 10.3. The topological polar surface area (TPSA) is 22.1 Å². The van der Waals surface area contributed by atoms with Gasteiger partial charge in [0.25, 0.3) is 0 Å². The van der Waals surface area contributed by atoms with Crippen LogP contribution in [0.1, 0.15) is 72.1 Å². The molecular weight excluding hydrogens is 442 g/mol. The largest absolute Gasteiger partial charge is 0.473 e. The van der Waals surface area contributed by atoms with E-state index in [2.05, 4.69) is 11.9 Å². The fourth-order valence-electron chi connectivity index (χ4n) is 5.62. The molecule has 2 aliphatic rings. The number of rotatable bonds is 4. The van der Waals surface area contributed by atoms with Crippen molar-refractivity contribution in [2.45, 2.75) is 64.1 Å². The first-order valence-electron chi connectivity index (χ1n) is 11.6. The highest BCUT2D eigenvalue weighted by Crippen LogP contribution is 2.51. The van der Waals surface area contributed by atoms with Crippen molar-refractivity contribution in [3.63, 3.8) is 0 Å². The molecule has 0 amide bonds. The van der Waals surface area contributed by atoms with Crippen LogP contribution >= 0.6 is 0 Å². The number of pyridine rings is 1. The van der Waals surface area contributed by atoms with Crippen LogP contribution in [0.4, 0.5) is 17.6 Å². The van der Waals surface area contributed by atoms with Crippen LogP contribution in [0.3, 0.4) is 0 Å². The maximum absolute atomic E-state index is 15.1. The quantitative estimate of drug-likeness (QED) is 0.372. The Morgan fingerprint density at radius 2 is 1.76 bits per heavy atom. The van der Waals surface area contributed by atoms with Gasteiger partial charge in [-0.2, -0.15) is 13.2 Å². The van der Waals surface area contributed by atoms with Gasteiger partial charge in [-0.1, -0.05) is 39.0 Å². The first-order valence-corrected chi connectivity index (χ1v) is 11.6. The van der Waals surface area contributed by atoms with E-state index >= 15 is 4.39 Å². The molecule has 1 aromatic heterocycles. The first kappa shape index (κ1) is 22.9. The highest BCUT2D eigenvalue weighted by molar-refractivity contribution is 5.51. The van der Waals surface area contributed by atoms with Gasteiger partial charge in [-0.25, -0.2) is 9.37 Å². The summed E-state index contributed by atoms with van der Waals surface area (Å²) in [5, 5.41) is 0. The normalized spacial score (nSPS) is 20.8. The summed E-state index contributed by atoms with van der Waals surface area (Å²) in [6.07, 6.45) is -0.189. The second kappa shape index (κ2) is 8.10. The zero-order valence-corrected chi connectivity index (χ0v) is 19.5. The van der Waals surface area contributed by atoms with E-state index in [4.69, 9.17) is 4.74 Å². The molecule has 34 heavy (non-hydrogen) atoms. The number of nitrogens with zero attached hydrogens (tertiary/aromatic N) is 1. The highest BCUT2D eigenvalue weighted by atomic mass is 19.4. The Balaban J connectivity index is 1.48. The lowest BCUT2D eigenvalue weighted by Gasteiger charge is -2.21. The minimum atomic E-state index is -4.45. The van der Waals surface area contributed by atoms with E-state index in [1.54, 1.807) is 12.1 Å². The van der Waals surface area contributed by atoms with Crippen LogP contribution in [0.15, 0.2) is 48.7 Å². The number of alkyl halides is 3. The van der Waals surface area contributed by atoms with Gasteiger partial charge in [-0.15, -0.1) is 0 Å². The van der Waals surface area contributed by atoms with Crippen LogP contribution in [-0.4, -0.2) is 4.98 Å². The summed E-state index contributed by atoms with van der Waals surface area (Å²) in [5.41, 5.74) is 3.38. The van der Waals surface area contributed by atoms with E-state index in [1.807, 2.05) is 26.1 Å². The summed E-state index contributed by atoms with van der Waals surface area (Å²) in [6.45, 7) is 6.06. The van der Waals surface area contributed by atoms with E-state index in [-0.39, 0.29) is 12.2 Å². The van der Waals surface area contributed by atoms with Crippen LogP contribution in [0.5, 0.6) is 5.88 Å². The molecule has 2 aliphatic carbocycles. The van der Waals surface area contributed by atoms with Gasteiger partial charge in [0.05, 0.1) is 5.56 Å². The molecule has 0 bridgehead atoms. The number of ether oxygens (including phenoxy) is 1. The summed E-state index contributed by atoms with van der Waals surface area (Å²) in [5.74, 6) is 0.126. The number of aromatic nitrogens is 1. The van der Waals surface area contributed by atoms with Gasteiger partial charge in [0.2, 0.25) is 5.88 Å². The van der Waals surface area contributed by atoms with Crippen molar-refractivity contribution in [1.82, 2.24) is 4.98 Å². The Morgan fingerprint density at radius 1 is 1.03 bits per heavy atom. The number of fused-ring (bicyclic) bond motifs is 2. The third-order valence-corrected chi connectivity index (χ3v) is 7.25. The summed E-state index contributed by atoms with van der Waals surface area (Å²) < 4.78 is 62.2. The molecule has 0 saturated heterocycles. The molecule has 2 nitrogen and oxygen atoms in total. The lowest BCUT2D eigenvalue weighted by molar-refractivity contribution is -0.138. The average molecular weight is 470 g/mol. The fraction of sp³-hybridized carbons (Fsp3) is 0.393. The van der Waals surface area contributed by atoms with E-state index in [9.17, 15) is 13.2 Å². The van der Waals surface area contributed by atoms with Crippen LogP contribution in [-0.2, 0) is 31.0 Å². The predicted molar refractivity (Wildman–Crippen MR) is 122 cm³/mol. The van der Waals surface area contributed by atoms with E-state index in [0.29, 0.717) is 23.8 Å². The zero-order valence-electron chi connectivity index (χ0n) is 19.5. The summed E-state index contributed by atoms with van der Waals surface area (Å²) in [4.78, 5) is 4.36. The first-order chi connectivity index (χ1) is 16.0. The molecule has 2 aromatic carbocycles. The summed E-state index contributed by atoms with van der Waals surface area (Å²) in [6, 6.07) is 10.8. The van der Waals surface area contributed by atoms with Crippen LogP contribution in [0.25, 0.3) is 0 Å². The van der Waals surface area contributed by atoms with Gasteiger partial charge < -0.3 is 4.74 Å². The SMILES string of the molecule is CC1Cc2cnc(OCc3cc4c(cc3F)C(C)(C)CC4c3ccccc3C(F)(F)F)cc2C1. The van der Waals surface area contributed by atoms with Crippen molar-refractivity contribution in [2.24, 2.45) is 5.92 Å². The van der Waals surface area contributed by atoms with Gasteiger partial charge in [0.15, 0.2) is 0 Å². The lowest BCUT2D eigenvalue weighted by Crippen LogP contribution is -2.14. The minimum Gasteiger partial charge on any atom is -0.473 e. The maximum Gasteiger partial charge on any atom is 0.416 e. The molecule has 0 N–H and O–H groups in total. The molecule has 0 aliphatic heterocycles. The van der Waals surface area contributed by atoms with Crippen molar-refractivity contribution >= 4 is 0 Å². The third kappa shape index (κ3) is 4.08. The molecule has 2 atom stereocenters. The Morgan fingerprint density at radius 3 is 2.53 bits per heavy atom. The molecule has 0 spiro atoms. The molecule has 1 heterocycles. The van der Waals surface area contributed by atoms with Crippen molar-refractivity contribution in [3.05, 3.63) is 93.4 Å². The molecule has 0 fully saturated rings. The van der Waals surface area contributed by atoms with E-state index in [1.165, 1.54) is 29.3 Å². The van der Waals surface area contributed by atoms with Crippen molar-refractivity contribution in [3.8, 4) is 5.88 Å². The Bertz CT molecular complexity index is 1250. The van der Waals surface area contributed by atoms with Gasteiger partial charge in [0.1, 0.15) is 12.4 Å². The number of hydrogen-bond acceptors (Lipinski definition) is 2. The molecule has 3 aromatic rings. The molecule has 0 radical (unpaired) electrons. The highest BCUT2D eigenvalue weighted by Gasteiger charge is 2.42. The minimum absolute atomic E-state index is 0.0332. The van der Waals surface area contributed by atoms with E-state index < -0.39 is 28.9 Å². The van der Waals surface area contributed by atoms with Gasteiger partial charge in [-0.05, 0) is 76.6 Å². The van der Waals surface area contributed by atoms with Crippen LogP contribution in [0.2, 0.25) is 0 Å². The number of hydrogen-bond donors (Lipinski definition) is 0. The van der Waals surface area contributed by atoms with Crippen molar-refractivity contribution in [1.29, 1.82) is 0 Å². The Labute approximate surface area is 197 Å². The fourth-order valence-corrected chi connectivity index (χ4v) is 5.62. The molecular formula is C28H27F4NO. The van der Waals surface area contributed by atoms with Crippen molar-refractivity contribution < 1.29 is 22.3 Å². The van der Waals surface area contributed by atoms with Gasteiger partial charge >= 0.3 is 6.18 Å². The third-order valence-electron chi connectivity index (χ3n) is 7.25. The smallest absolute Gasteiger partial charge is 0.416 e. The van der Waals surface area contributed by atoms with E-state index in [0.717, 1.165) is 30.0 Å². The monoisotopic (exact) mass is 469 g/mol. The zero-order chi connectivity index (χ0) is 24.3. The molecule has 2 unspecified atom stereocenters. The lowest BCUT2D eigenvalue weighted by atomic mass is 9.84. The van der Waals surface area contributed by atoms with Crippen LogP contribution in [0, 0.1) is 11.7 Å². The molecule has 5 rings (SSSR count). The predicted octanol–water partition coefficient (Wildman–Crippen LogP) is 7.37. The summed E-state index contributed by atoms with van der Waals surface area (Å²) >= 11 is 0. The maximum atomic E-state index is 15.1. The molecule has 6 heteroatoms. The van der Waals surface area contributed by atoms with Crippen LogP contribution < -0.4 is 4.74 Å². The Hall–Kier alpha value is -2.89. The summed E-state index contributed by atoms with van der Waals surface area (Å²) in [7, 11) is 0. The Kier molecular flexibility index (Phi) is 5.45. The molecule has 178 valence electrons. The number of benzene rings is 2. The average Bonchev–Trinajstić information content (AvgIpc) is 3.26.